The van der Waals surface area contributed by atoms with Crippen LogP contribution in [0.15, 0.2) is 103 Å². The number of piperazine rings is 4. The molecule has 2 unspecified atom stereocenters. The van der Waals surface area contributed by atoms with Crippen molar-refractivity contribution in [3.63, 3.8) is 0 Å². The van der Waals surface area contributed by atoms with Crippen molar-refractivity contribution in [2.24, 2.45) is 0 Å². The minimum absolute atomic E-state index is 0. The van der Waals surface area contributed by atoms with E-state index >= 15 is 0 Å². The van der Waals surface area contributed by atoms with Gasteiger partial charge in [0.25, 0.3) is 47.3 Å². The molecule has 18 aliphatic heterocycles. The third kappa shape index (κ3) is 7.45. The molecule has 4 aromatic carbocycles. The zero-order valence-electron chi connectivity index (χ0n) is 51.2. The number of likely N-dealkylation sites (N-methyl/N-ethyl adjacent to an activating group) is 5. The van der Waals surface area contributed by atoms with Gasteiger partial charge in [0.05, 0.1) is 37.3 Å². The number of carbonyl (C=O) groups excluding carboxylic acids is 8. The van der Waals surface area contributed by atoms with Gasteiger partial charge in [0.1, 0.15) is 24.0 Å². The van der Waals surface area contributed by atoms with Crippen molar-refractivity contribution in [2.75, 3.05) is 77.6 Å². The van der Waals surface area contributed by atoms with Gasteiger partial charge in [-0.2, -0.15) is 0 Å². The highest BCUT2D eigenvalue weighted by Gasteiger charge is 2.88. The lowest BCUT2D eigenvalue weighted by molar-refractivity contribution is -0.166. The molecule has 15 saturated heterocycles. The smallest absolute Gasteiger partial charge is 0.265 e. The van der Waals surface area contributed by atoms with Crippen LogP contribution in [0.25, 0.3) is 10.9 Å². The Balaban J connectivity index is 0.000000152. The Morgan fingerprint density at radius 2 is 0.753 bits per heavy atom. The third-order valence-corrected chi connectivity index (χ3v) is 37.7. The molecule has 3 spiro atoms. The number of aliphatic hydroxyl groups excluding tert-OH is 4. The van der Waals surface area contributed by atoms with Gasteiger partial charge < -0.3 is 65.4 Å². The summed E-state index contributed by atoms with van der Waals surface area (Å²) in [6, 6.07) is 31.5. The fraction of sp³-hybridized carbons (Fsp3) is 0.452. The molecule has 15 fully saturated rings. The van der Waals surface area contributed by atoms with E-state index in [0.29, 0.717) is 0 Å². The molecule has 8 bridgehead atoms. The van der Waals surface area contributed by atoms with Gasteiger partial charge in [0.2, 0.25) is 19.5 Å². The first-order valence-corrected chi connectivity index (χ1v) is 45.1. The number of rotatable bonds is 8. The summed E-state index contributed by atoms with van der Waals surface area (Å²) in [5.41, 5.74) is 4.00. The average Bonchev–Trinajstić information content (AvgIpc) is 1.46. The lowest BCUT2D eigenvalue weighted by atomic mass is 9.54. The highest BCUT2D eigenvalue weighted by atomic mass is 128. The van der Waals surface area contributed by atoms with Gasteiger partial charge in [-0.25, -0.2) is 0 Å². The van der Waals surface area contributed by atoms with Crippen LogP contribution >= 0.6 is 148 Å². The van der Waals surface area contributed by atoms with E-state index in [1.807, 2.05) is 103 Å². The van der Waals surface area contributed by atoms with Crippen molar-refractivity contribution in [1.82, 2.24) is 43.8 Å². The molecule has 1 aromatic heterocycles. The van der Waals surface area contributed by atoms with Gasteiger partial charge in [0.15, 0.2) is 19.5 Å². The number of nitrogens with zero attached hydrogens (tertiary/aromatic N) is 9. The predicted octanol–water partition coefficient (Wildman–Crippen LogP) is 6.23. The van der Waals surface area contributed by atoms with Crippen molar-refractivity contribution in [1.29, 1.82) is 0 Å². The molecule has 35 heteroatoms. The largest absolute Gasteiger partial charge is 0.392 e. The first-order valence-electron chi connectivity index (χ1n) is 30.2. The van der Waals surface area contributed by atoms with Crippen LogP contribution in [-0.2, 0) is 61.1 Å². The number of fused-ring (bicyclic) bond motifs is 20. The van der Waals surface area contributed by atoms with Crippen molar-refractivity contribution >= 4 is 223 Å². The molecule has 14 atom stereocenters. The minimum atomic E-state index is -1.47. The first kappa shape index (κ1) is 69.1. The van der Waals surface area contributed by atoms with E-state index in [0.717, 1.165) is 50.2 Å². The van der Waals surface area contributed by atoms with E-state index in [-0.39, 0.29) is 104 Å². The fourth-order valence-corrected chi connectivity index (χ4v) is 32.9. The highest BCUT2D eigenvalue weighted by Crippen LogP contribution is 2.79. The summed E-state index contributed by atoms with van der Waals surface area (Å²) in [7, 11) is 18.2. The topological polar surface area (TPSA) is 284 Å². The van der Waals surface area contributed by atoms with Crippen LogP contribution < -0.4 is 16.0 Å². The van der Waals surface area contributed by atoms with Gasteiger partial charge in [-0.05, 0) is 84.1 Å². The first-order chi connectivity index (χ1) is 45.5. The number of aromatic nitrogens is 1. The molecule has 0 aliphatic carbocycles. The van der Waals surface area contributed by atoms with E-state index < -0.39 is 100 Å². The average molecular weight is 1810 g/mol. The van der Waals surface area contributed by atoms with E-state index in [9.17, 15) is 58.8 Å². The molecule has 7 N–H and O–H groups in total. The van der Waals surface area contributed by atoms with E-state index in [1.165, 1.54) is 111 Å². The third-order valence-electron chi connectivity index (χ3n) is 23.1. The summed E-state index contributed by atoms with van der Waals surface area (Å²) in [5.74, 6) is -2.30. The number of amides is 8. The Hall–Kier alpha value is -3.59. The maximum atomic E-state index is 14.7. The second-order valence-corrected chi connectivity index (χ2v) is 37.0. The Labute approximate surface area is 628 Å². The Morgan fingerprint density at radius 3 is 1.22 bits per heavy atom. The molecular weight excluding hydrogens is 1740 g/mol. The lowest BCUT2D eigenvalue weighted by Crippen LogP contribution is -2.77. The van der Waals surface area contributed by atoms with Crippen LogP contribution in [0.3, 0.4) is 0 Å². The van der Waals surface area contributed by atoms with Gasteiger partial charge >= 0.3 is 0 Å². The molecule has 8 amide bonds. The van der Waals surface area contributed by atoms with Crippen molar-refractivity contribution in [2.45, 2.75) is 107 Å². The van der Waals surface area contributed by atoms with Crippen molar-refractivity contribution < 1.29 is 58.8 Å². The van der Waals surface area contributed by atoms with Crippen LogP contribution in [0.1, 0.15) is 48.9 Å². The molecule has 0 radical (unpaired) electrons. The molecule has 512 valence electrons. The van der Waals surface area contributed by atoms with Crippen molar-refractivity contribution in [3.8, 4) is 0 Å². The number of benzene rings is 4. The number of halogens is 3. The highest BCUT2D eigenvalue weighted by molar-refractivity contribution is 15.0. The lowest BCUT2D eigenvalue weighted by Gasteiger charge is -2.58. The van der Waals surface area contributed by atoms with Gasteiger partial charge in [-0.15, -0.1) is 24.0 Å². The number of anilines is 3. The molecular formula is C62H63I3N12O12S8. The summed E-state index contributed by atoms with van der Waals surface area (Å²) in [6.07, 6.45) is 0.836. The van der Waals surface area contributed by atoms with Crippen LogP contribution in [0.5, 0.6) is 0 Å². The maximum Gasteiger partial charge on any atom is 0.265 e. The van der Waals surface area contributed by atoms with Crippen LogP contribution in [0, 0.1) is 0 Å². The van der Waals surface area contributed by atoms with Gasteiger partial charge in [-0.1, -0.05) is 123 Å². The molecule has 97 heavy (non-hydrogen) atoms. The zero-order chi connectivity index (χ0) is 66.7. The molecule has 23 rings (SSSR count). The van der Waals surface area contributed by atoms with Crippen LogP contribution in [-0.4, -0.2) is 231 Å². The predicted molar refractivity (Wildman–Crippen MR) is 407 cm³/mol. The molecule has 24 nitrogen and oxygen atoms in total. The van der Waals surface area contributed by atoms with Crippen LogP contribution in [0.4, 0.5) is 17.1 Å². The Morgan fingerprint density at radius 1 is 0.423 bits per heavy atom. The number of hydrogen-bond acceptors (Lipinski definition) is 23. The quantitative estimate of drug-likeness (QED) is 0.0669. The molecule has 18 aliphatic rings. The normalized spacial score (nSPS) is 38.6. The number of hydrogen-bond donors (Lipinski definition) is 7. The summed E-state index contributed by atoms with van der Waals surface area (Å²) in [6.45, 7) is -2.06. The van der Waals surface area contributed by atoms with Crippen molar-refractivity contribution in [3.05, 3.63) is 126 Å². The SMILES string of the molecule is C.CN1C(=O)[C@@]23CC4([C@]56C[C@@]78SS[C@@](CO)(C(=O)N7[C@H]5Nc5ccccc56)N(C)C8=O)c5ccccc5N[C@@H]4N2C(=O)[C@]1(CO)SS3.CN1C(=O)[C@]2(Cc3cn(C45C[C@@]67SS[C@@](CO)(C(=O)N6[C@H]4Nc4ccccc45)N(C)C7=O)c4ccccc34)SS[C@@]1(CO)C(=O)N2C.I.II. The standard InChI is InChI=1S/C31H30N6O6S4.C30H28N6O6S4.CH4.I2.HI/c1-33-25(42)30(15-38)34(2)23(40)28(33,44-46-30)12-17-13-36(21-11-7-4-8-18(17)21)27-14-29-24(41)35(3)31(16-39,47-45-29)26(43)37(29)22(27)32-20-10-6-5-9-19(20)27;1-33-21(39)27-11-25(15-7-3-5-9-17(15)31-19(25)35(27)23(41)29(33,13-37)45-43-27)26-12-28-22(40)34(2)30(14-38,46-44-28)24(42)36(28)20(26)32-18-10-6-4-8-16(18)26;;1-2;/h4-11,13,22,32,38-39H,12,14-16H2,1-3H3;3-10,19-20,31-32,37-38H,11-14H2,1-2H3;1H4;;1H/t22-,27?,28+,29+,30+,31+;19-,20-,25+,26?,27+,28+,29+,30+;;;/m11.../s1. The second kappa shape index (κ2) is 22.5. The monoisotopic (exact) mass is 1800 g/mol. The second-order valence-electron chi connectivity index (χ2n) is 26.3. The van der Waals surface area contributed by atoms with E-state index in [2.05, 4.69) is 57.7 Å². The summed E-state index contributed by atoms with van der Waals surface area (Å²) < 4.78 is 2.16. The summed E-state index contributed by atoms with van der Waals surface area (Å²) in [5, 5.41) is 53.8. The number of nitrogens with one attached hydrogen (secondary N) is 3. The Bertz CT molecular complexity index is 4280. The van der Waals surface area contributed by atoms with E-state index in [1.54, 1.807) is 49.9 Å². The van der Waals surface area contributed by atoms with Gasteiger partial charge in [-0.3, -0.25) is 53.1 Å². The number of carbonyl (C=O) groups is 8. The van der Waals surface area contributed by atoms with E-state index in [4.69, 9.17) is 0 Å². The van der Waals surface area contributed by atoms with Crippen LogP contribution in [0.2, 0.25) is 0 Å². The molecule has 0 saturated carbocycles. The summed E-state index contributed by atoms with van der Waals surface area (Å²) >= 11 is 4.24. The van der Waals surface area contributed by atoms with Gasteiger partial charge in [0, 0.05) is 138 Å². The zero-order valence-corrected chi connectivity index (χ0v) is 64.4. The molecule has 5 aromatic rings. The number of aliphatic hydroxyl groups is 4. The minimum Gasteiger partial charge on any atom is -0.392 e. The fourth-order valence-electron chi connectivity index (χ4n) is 18.4. The molecule has 19 heterocycles. The Kier molecular flexibility index (Phi) is 16.0. The maximum absolute atomic E-state index is 14.7. The summed E-state index contributed by atoms with van der Waals surface area (Å²) in [4.78, 5) is 116. The number of para-hydroxylation sites is 4.